The van der Waals surface area contributed by atoms with Gasteiger partial charge in [0.2, 0.25) is 0 Å². The van der Waals surface area contributed by atoms with Gasteiger partial charge >= 0.3 is 0 Å². The van der Waals surface area contributed by atoms with E-state index in [1.807, 2.05) is 6.07 Å². The van der Waals surface area contributed by atoms with Gasteiger partial charge in [-0.1, -0.05) is 13.8 Å². The maximum Gasteiger partial charge on any atom is 0.0994 e. The Bertz CT molecular complexity index is 808. The third kappa shape index (κ3) is 2.91. The van der Waals surface area contributed by atoms with Crippen LogP contribution in [0.1, 0.15) is 77.2 Å². The minimum atomic E-state index is -1.06. The maximum absolute atomic E-state index is 12.3. The van der Waals surface area contributed by atoms with Gasteiger partial charge in [-0.2, -0.15) is 10.2 Å². The van der Waals surface area contributed by atoms with Crippen LogP contribution < -0.4 is 0 Å². The Labute approximate surface area is 185 Å². The van der Waals surface area contributed by atoms with Crippen molar-refractivity contribution in [3.8, 4) is 0 Å². The van der Waals surface area contributed by atoms with Gasteiger partial charge in [0.15, 0.2) is 0 Å². The van der Waals surface area contributed by atoms with Crippen molar-refractivity contribution in [3.63, 3.8) is 0 Å². The van der Waals surface area contributed by atoms with Crippen molar-refractivity contribution in [2.24, 2.45) is 28.6 Å². The molecule has 0 aromatic carbocycles. The molecule has 3 N–H and O–H groups in total. The van der Waals surface area contributed by atoms with Crippen molar-refractivity contribution in [2.75, 3.05) is 13.2 Å². The first kappa shape index (κ1) is 21.7. The minimum Gasteiger partial charge on any atom is -0.394 e. The number of fused-ring (bicyclic) bond motifs is 5. The Kier molecular flexibility index (Phi) is 5.24. The maximum atomic E-state index is 12.3. The number of ether oxygens (including phenoxy) is 1. The Balaban J connectivity index is 1.43. The summed E-state index contributed by atoms with van der Waals surface area (Å²) in [5.74, 6) is 1.33. The molecular weight excluding hydrogens is 392 g/mol. The number of rotatable bonds is 4. The van der Waals surface area contributed by atoms with E-state index in [0.29, 0.717) is 31.3 Å². The van der Waals surface area contributed by atoms with Gasteiger partial charge in [0.05, 0.1) is 36.7 Å². The predicted molar refractivity (Wildman–Crippen MR) is 116 cm³/mol. The average molecular weight is 431 g/mol. The van der Waals surface area contributed by atoms with E-state index >= 15 is 0 Å². The van der Waals surface area contributed by atoms with Gasteiger partial charge in [-0.15, -0.1) is 0 Å². The van der Waals surface area contributed by atoms with Crippen LogP contribution in [0.5, 0.6) is 0 Å². The summed E-state index contributed by atoms with van der Waals surface area (Å²) in [7, 11) is 0. The van der Waals surface area contributed by atoms with Crippen LogP contribution in [-0.4, -0.2) is 50.4 Å². The van der Waals surface area contributed by atoms with E-state index in [2.05, 4.69) is 24.0 Å². The molecule has 0 saturated heterocycles. The second-order valence-electron chi connectivity index (χ2n) is 11.3. The molecule has 0 amide bonds. The van der Waals surface area contributed by atoms with Crippen LogP contribution in [0.4, 0.5) is 0 Å². The summed E-state index contributed by atoms with van der Waals surface area (Å²) in [6.07, 6.45) is 12.1. The van der Waals surface area contributed by atoms with Crippen molar-refractivity contribution in [1.82, 2.24) is 10.2 Å². The number of nitrogens with zero attached hydrogens (tertiary/aromatic N) is 2. The molecule has 6 heteroatoms. The lowest BCUT2D eigenvalue weighted by atomic mass is 9.43. The zero-order valence-electron chi connectivity index (χ0n) is 19.0. The van der Waals surface area contributed by atoms with Crippen molar-refractivity contribution in [2.45, 2.75) is 88.9 Å². The molecule has 8 atom stereocenters. The molecule has 1 heterocycles. The van der Waals surface area contributed by atoms with Crippen LogP contribution in [0.15, 0.2) is 18.5 Å². The van der Waals surface area contributed by atoms with Gasteiger partial charge in [-0.05, 0) is 87.0 Å². The van der Waals surface area contributed by atoms with Crippen LogP contribution in [0, 0.1) is 28.6 Å². The molecule has 0 aliphatic heterocycles. The van der Waals surface area contributed by atoms with E-state index in [0.717, 1.165) is 50.5 Å². The number of aliphatic hydroxyl groups excluding tert-OH is 1. The van der Waals surface area contributed by atoms with Crippen molar-refractivity contribution >= 4 is 0 Å². The third-order valence-electron chi connectivity index (χ3n) is 10.5. The van der Waals surface area contributed by atoms with Gasteiger partial charge < -0.3 is 20.1 Å². The Morgan fingerprint density at radius 3 is 2.58 bits per heavy atom. The average Bonchev–Trinajstić information content (AvgIpc) is 3.00. The monoisotopic (exact) mass is 430 g/mol. The SMILES string of the molecule is C[C@]12CCC(OCCO)CC1CC[C@@H]1[C@H]2CC[C@]2(C)C(O)(c3ccnnc3)CC[C@@]12O. The molecule has 6 nitrogen and oxygen atoms in total. The van der Waals surface area contributed by atoms with Gasteiger partial charge in [0.25, 0.3) is 0 Å². The number of hydrogen-bond acceptors (Lipinski definition) is 6. The highest BCUT2D eigenvalue weighted by molar-refractivity contribution is 5.30. The van der Waals surface area contributed by atoms with E-state index in [4.69, 9.17) is 9.84 Å². The zero-order chi connectivity index (χ0) is 21.9. The molecule has 0 radical (unpaired) electrons. The minimum absolute atomic E-state index is 0.0880. The van der Waals surface area contributed by atoms with Crippen molar-refractivity contribution in [3.05, 3.63) is 24.0 Å². The van der Waals surface area contributed by atoms with Gasteiger partial charge in [0.1, 0.15) is 0 Å². The zero-order valence-corrected chi connectivity index (χ0v) is 19.0. The van der Waals surface area contributed by atoms with E-state index in [9.17, 15) is 10.2 Å². The van der Waals surface area contributed by atoms with Crippen LogP contribution >= 0.6 is 0 Å². The fourth-order valence-corrected chi connectivity index (χ4v) is 8.57. The van der Waals surface area contributed by atoms with Gasteiger partial charge in [-0.3, -0.25) is 0 Å². The summed E-state index contributed by atoms with van der Waals surface area (Å²) in [6.45, 7) is 5.09. The lowest BCUT2D eigenvalue weighted by Crippen LogP contribution is -2.64. The molecule has 5 rings (SSSR count). The van der Waals surface area contributed by atoms with E-state index in [1.54, 1.807) is 12.4 Å². The normalized spacial score (nSPS) is 49.2. The molecule has 4 aliphatic rings. The smallest absolute Gasteiger partial charge is 0.0994 e. The molecule has 1 aromatic rings. The Morgan fingerprint density at radius 1 is 1.00 bits per heavy atom. The highest BCUT2D eigenvalue weighted by atomic mass is 16.5. The lowest BCUT2D eigenvalue weighted by Gasteiger charge is -2.64. The van der Waals surface area contributed by atoms with Crippen molar-refractivity contribution < 1.29 is 20.1 Å². The standard InChI is InChI=1S/C25H38N2O4/c1-22-8-5-19(31-14-13-28)15-17(22)3-4-21-20(22)6-9-23(2)24(29,10-11-25(21,23)30)18-7-12-26-27-16-18/h7,12,16-17,19-21,28-30H,3-6,8-11,13-15H2,1-2H3/t17?,19?,20-,21-,22+,23-,24?,25-/m1/s1. The quantitative estimate of drug-likeness (QED) is 0.679. The number of aromatic nitrogens is 2. The molecule has 1 aromatic heterocycles. The second kappa shape index (κ2) is 7.47. The predicted octanol–water partition coefficient (Wildman–Crippen LogP) is 3.20. The van der Waals surface area contributed by atoms with Gasteiger partial charge in [0, 0.05) is 17.2 Å². The fraction of sp³-hybridized carbons (Fsp3) is 0.840. The molecule has 0 bridgehead atoms. The van der Waals surface area contributed by atoms with Crippen molar-refractivity contribution in [1.29, 1.82) is 0 Å². The first-order valence-electron chi connectivity index (χ1n) is 12.2. The summed E-state index contributed by atoms with van der Waals surface area (Å²) in [4.78, 5) is 0. The molecule has 4 saturated carbocycles. The van der Waals surface area contributed by atoms with E-state index in [1.165, 1.54) is 0 Å². The van der Waals surface area contributed by atoms with Crippen LogP contribution in [0.25, 0.3) is 0 Å². The molecule has 0 spiro atoms. The van der Waals surface area contributed by atoms with Crippen LogP contribution in [0.3, 0.4) is 0 Å². The molecule has 4 fully saturated rings. The van der Waals surface area contributed by atoms with E-state index < -0.39 is 16.6 Å². The summed E-state index contributed by atoms with van der Waals surface area (Å²) >= 11 is 0. The second-order valence-corrected chi connectivity index (χ2v) is 11.3. The highest BCUT2D eigenvalue weighted by Crippen LogP contribution is 2.71. The number of hydrogen-bond donors (Lipinski definition) is 3. The molecule has 4 aliphatic carbocycles. The van der Waals surface area contributed by atoms with Crippen LogP contribution in [-0.2, 0) is 10.3 Å². The first-order chi connectivity index (χ1) is 14.8. The molecular formula is C25H38N2O4. The van der Waals surface area contributed by atoms with Gasteiger partial charge in [-0.25, -0.2) is 0 Å². The summed E-state index contributed by atoms with van der Waals surface area (Å²) in [5, 5.41) is 41.2. The number of aliphatic hydroxyl groups is 3. The fourth-order valence-electron chi connectivity index (χ4n) is 8.57. The Morgan fingerprint density at radius 2 is 1.84 bits per heavy atom. The summed E-state index contributed by atoms with van der Waals surface area (Å²) in [5.41, 5.74) is -1.48. The highest BCUT2D eigenvalue weighted by Gasteiger charge is 2.72. The Hall–Kier alpha value is -1.08. The lowest BCUT2D eigenvalue weighted by molar-refractivity contribution is -0.239. The first-order valence-corrected chi connectivity index (χ1v) is 12.2. The van der Waals surface area contributed by atoms with Crippen LogP contribution in [0.2, 0.25) is 0 Å². The third-order valence-corrected chi connectivity index (χ3v) is 10.5. The van der Waals surface area contributed by atoms with E-state index in [-0.39, 0.29) is 24.0 Å². The molecule has 3 unspecified atom stereocenters. The molecule has 172 valence electrons. The summed E-state index contributed by atoms with van der Waals surface area (Å²) in [6, 6.07) is 1.86. The molecule has 31 heavy (non-hydrogen) atoms. The topological polar surface area (TPSA) is 95.7 Å². The largest absolute Gasteiger partial charge is 0.394 e. The summed E-state index contributed by atoms with van der Waals surface area (Å²) < 4.78 is 5.90.